The zero-order chi connectivity index (χ0) is 24.8. The molecule has 1 spiro atoms. The molecule has 4 aliphatic rings. The van der Waals surface area contributed by atoms with Crippen molar-refractivity contribution in [2.24, 2.45) is 11.3 Å². The van der Waals surface area contributed by atoms with Crippen LogP contribution >= 0.6 is 0 Å². The zero-order valence-corrected chi connectivity index (χ0v) is 22.0. The van der Waals surface area contributed by atoms with E-state index < -0.39 is 0 Å². The van der Waals surface area contributed by atoms with E-state index in [1.807, 2.05) is 6.08 Å². The molecule has 2 fully saturated rings. The minimum atomic E-state index is -0.265. The molecule has 4 unspecified atom stereocenters. The molecule has 1 aromatic rings. The summed E-state index contributed by atoms with van der Waals surface area (Å²) >= 11 is 0. The molecule has 1 saturated heterocycles. The van der Waals surface area contributed by atoms with Crippen LogP contribution in [0.5, 0.6) is 0 Å². The van der Waals surface area contributed by atoms with Gasteiger partial charge in [-0.2, -0.15) is 0 Å². The van der Waals surface area contributed by atoms with Gasteiger partial charge in [-0.25, -0.2) is 0 Å². The summed E-state index contributed by atoms with van der Waals surface area (Å²) in [6.45, 7) is 10.6. The number of ketones is 1. The third kappa shape index (κ3) is 4.13. The summed E-state index contributed by atoms with van der Waals surface area (Å²) in [6, 6.07) is 8.82. The quantitative estimate of drug-likeness (QED) is 0.428. The van der Waals surface area contributed by atoms with Crippen LogP contribution in [0.25, 0.3) is 0 Å². The van der Waals surface area contributed by atoms with Crippen molar-refractivity contribution in [2.45, 2.75) is 76.9 Å². The average Bonchev–Trinajstić information content (AvgIpc) is 3.35. The number of fused-ring (bicyclic) bond motifs is 1. The predicted octanol–water partition coefficient (Wildman–Crippen LogP) is 6.73. The van der Waals surface area contributed by atoms with Crippen molar-refractivity contribution >= 4 is 11.5 Å². The Hall–Kier alpha value is -2.17. The summed E-state index contributed by atoms with van der Waals surface area (Å²) in [7, 11) is 4.14. The van der Waals surface area contributed by atoms with Gasteiger partial charge in [0.15, 0.2) is 5.78 Å². The largest absolute Gasteiger partial charge is 0.378 e. The number of allylic oxidation sites excluding steroid dienone is 3. The molecular formula is C31H41NO3. The molecule has 0 aromatic heterocycles. The molecule has 1 heterocycles. The average molecular weight is 476 g/mol. The number of hydrogen-bond donors (Lipinski definition) is 0. The van der Waals surface area contributed by atoms with Gasteiger partial charge in [0.1, 0.15) is 6.10 Å². The van der Waals surface area contributed by atoms with E-state index in [4.69, 9.17) is 9.47 Å². The van der Waals surface area contributed by atoms with Crippen molar-refractivity contribution in [1.82, 2.24) is 0 Å². The normalized spacial score (nSPS) is 31.7. The summed E-state index contributed by atoms with van der Waals surface area (Å²) in [4.78, 5) is 14.3. The summed E-state index contributed by atoms with van der Waals surface area (Å²) in [5, 5.41) is 0. The van der Waals surface area contributed by atoms with E-state index in [0.29, 0.717) is 18.9 Å². The molecule has 35 heavy (non-hydrogen) atoms. The van der Waals surface area contributed by atoms with Gasteiger partial charge in [-0.05, 0) is 96.9 Å². The molecule has 5 rings (SSSR count). The van der Waals surface area contributed by atoms with Gasteiger partial charge >= 0.3 is 0 Å². The van der Waals surface area contributed by atoms with Crippen LogP contribution in [-0.4, -0.2) is 38.7 Å². The first-order chi connectivity index (χ1) is 16.7. The zero-order valence-electron chi connectivity index (χ0n) is 22.0. The number of carbonyl (C=O) groups excluding carboxylic acids is 1. The maximum absolute atomic E-state index is 12.2. The standard InChI is InChI=1S/C31H41NO3/c1-21-15-17-31(22(2)16-18-35-31)30(21,3)20-34-29(23-9-11-25(12-10-23)32(4)5)28-8-6-7-24-19-26(33)13-14-27(24)28/h9-12,19,21,29H,2,6-8,13-18,20H2,1,3-5H3. The Morgan fingerprint density at radius 2 is 1.91 bits per heavy atom. The molecule has 1 aromatic carbocycles. The van der Waals surface area contributed by atoms with Crippen molar-refractivity contribution in [3.8, 4) is 0 Å². The molecular weight excluding hydrogens is 434 g/mol. The van der Waals surface area contributed by atoms with Gasteiger partial charge in [0.2, 0.25) is 0 Å². The number of nitrogens with zero attached hydrogens (tertiary/aromatic N) is 1. The number of rotatable bonds is 6. The van der Waals surface area contributed by atoms with Crippen molar-refractivity contribution in [3.05, 3.63) is 64.8 Å². The smallest absolute Gasteiger partial charge is 0.156 e. The molecule has 0 radical (unpaired) electrons. The van der Waals surface area contributed by atoms with Gasteiger partial charge in [0.05, 0.1) is 18.8 Å². The van der Waals surface area contributed by atoms with Crippen LogP contribution in [0.2, 0.25) is 0 Å². The van der Waals surface area contributed by atoms with Gasteiger partial charge < -0.3 is 14.4 Å². The number of anilines is 1. The fraction of sp³-hybridized carbons (Fsp3) is 0.581. The lowest BCUT2D eigenvalue weighted by Crippen LogP contribution is -2.48. The Morgan fingerprint density at radius 3 is 2.60 bits per heavy atom. The first-order valence-electron chi connectivity index (χ1n) is 13.4. The highest BCUT2D eigenvalue weighted by molar-refractivity contribution is 5.93. The van der Waals surface area contributed by atoms with Crippen molar-refractivity contribution in [3.63, 3.8) is 0 Å². The van der Waals surface area contributed by atoms with Crippen molar-refractivity contribution in [1.29, 1.82) is 0 Å². The molecule has 188 valence electrons. The van der Waals surface area contributed by atoms with Crippen LogP contribution in [0, 0.1) is 11.3 Å². The summed E-state index contributed by atoms with van der Waals surface area (Å²) in [6.07, 6.45) is 9.49. The minimum Gasteiger partial charge on any atom is -0.378 e. The molecule has 0 N–H and O–H groups in total. The van der Waals surface area contributed by atoms with E-state index in [1.165, 1.54) is 33.5 Å². The van der Waals surface area contributed by atoms with Gasteiger partial charge in [-0.3, -0.25) is 4.79 Å². The Kier molecular flexibility index (Phi) is 6.56. The second-order valence-corrected chi connectivity index (χ2v) is 11.6. The molecule has 0 amide bonds. The summed E-state index contributed by atoms with van der Waals surface area (Å²) in [5.74, 6) is 0.768. The molecule has 4 heteroatoms. The number of carbonyl (C=O) groups is 1. The van der Waals surface area contributed by atoms with Gasteiger partial charge in [-0.15, -0.1) is 0 Å². The van der Waals surface area contributed by atoms with Crippen LogP contribution in [0.15, 0.2) is 59.2 Å². The monoisotopic (exact) mass is 475 g/mol. The maximum atomic E-state index is 12.2. The molecule has 0 bridgehead atoms. The van der Waals surface area contributed by atoms with Gasteiger partial charge in [0, 0.05) is 31.6 Å². The van der Waals surface area contributed by atoms with Crippen LogP contribution < -0.4 is 4.90 Å². The molecule has 4 nitrogen and oxygen atoms in total. The topological polar surface area (TPSA) is 38.8 Å². The SMILES string of the molecule is C=C1CCOC12CCC(C)C2(C)COC(C1=C2CCC(=O)C=C2CCC1)c1ccc(N(C)C)cc1. The van der Waals surface area contributed by atoms with Crippen molar-refractivity contribution < 1.29 is 14.3 Å². The maximum Gasteiger partial charge on any atom is 0.156 e. The number of benzene rings is 1. The first kappa shape index (κ1) is 24.5. The fourth-order valence-corrected chi connectivity index (χ4v) is 7.01. The molecule has 4 atom stereocenters. The van der Waals surface area contributed by atoms with E-state index in [9.17, 15) is 4.79 Å². The predicted molar refractivity (Wildman–Crippen MR) is 142 cm³/mol. The second kappa shape index (κ2) is 9.37. The third-order valence-corrected chi connectivity index (χ3v) is 9.47. The van der Waals surface area contributed by atoms with E-state index in [-0.39, 0.29) is 22.9 Å². The van der Waals surface area contributed by atoms with Crippen LogP contribution in [0.4, 0.5) is 5.69 Å². The lowest BCUT2D eigenvalue weighted by molar-refractivity contribution is -0.115. The lowest BCUT2D eigenvalue weighted by Gasteiger charge is -2.44. The van der Waals surface area contributed by atoms with E-state index in [2.05, 4.69) is 63.7 Å². The highest BCUT2D eigenvalue weighted by Gasteiger charge is 2.60. The summed E-state index contributed by atoms with van der Waals surface area (Å²) in [5.41, 5.74) is 7.25. The minimum absolute atomic E-state index is 0.102. The van der Waals surface area contributed by atoms with E-state index in [1.54, 1.807) is 0 Å². The number of hydrogen-bond acceptors (Lipinski definition) is 4. The Labute approximate surface area is 211 Å². The van der Waals surface area contributed by atoms with Gasteiger partial charge in [-0.1, -0.05) is 32.6 Å². The van der Waals surface area contributed by atoms with Crippen LogP contribution in [0.3, 0.4) is 0 Å². The highest BCUT2D eigenvalue weighted by Crippen LogP contribution is 2.59. The summed E-state index contributed by atoms with van der Waals surface area (Å²) < 4.78 is 13.5. The molecule has 1 aliphatic heterocycles. The highest BCUT2D eigenvalue weighted by atomic mass is 16.5. The van der Waals surface area contributed by atoms with Crippen molar-refractivity contribution in [2.75, 3.05) is 32.2 Å². The second-order valence-electron chi connectivity index (χ2n) is 11.6. The third-order valence-electron chi connectivity index (χ3n) is 9.47. The first-order valence-corrected chi connectivity index (χ1v) is 13.4. The Balaban J connectivity index is 1.52. The van der Waals surface area contributed by atoms with E-state index >= 15 is 0 Å². The molecule has 1 saturated carbocycles. The van der Waals surface area contributed by atoms with Crippen LogP contribution in [0.1, 0.15) is 76.9 Å². The number of ether oxygens (including phenoxy) is 2. The van der Waals surface area contributed by atoms with Gasteiger partial charge in [0.25, 0.3) is 0 Å². The van der Waals surface area contributed by atoms with E-state index in [0.717, 1.165) is 51.6 Å². The lowest BCUT2D eigenvalue weighted by atomic mass is 9.69. The molecule has 3 aliphatic carbocycles. The fourth-order valence-electron chi connectivity index (χ4n) is 7.01. The van der Waals surface area contributed by atoms with Crippen LogP contribution in [-0.2, 0) is 14.3 Å². The Morgan fingerprint density at radius 1 is 1.14 bits per heavy atom. The Bertz CT molecular complexity index is 1070.